The van der Waals surface area contributed by atoms with Crippen molar-refractivity contribution in [1.29, 1.82) is 0 Å². The first-order valence-electron chi connectivity index (χ1n) is 8.09. The number of ether oxygens (including phenoxy) is 2. The number of nitrogens with zero attached hydrogens (tertiary/aromatic N) is 1. The van der Waals surface area contributed by atoms with E-state index in [2.05, 4.69) is 0 Å². The van der Waals surface area contributed by atoms with Crippen LogP contribution in [0.2, 0.25) is 0 Å². The van der Waals surface area contributed by atoms with Gasteiger partial charge in [0, 0.05) is 24.6 Å². The van der Waals surface area contributed by atoms with E-state index in [0.29, 0.717) is 12.3 Å². The lowest BCUT2D eigenvalue weighted by molar-refractivity contribution is -0.130. The van der Waals surface area contributed by atoms with Crippen molar-refractivity contribution in [2.45, 2.75) is 30.3 Å². The van der Waals surface area contributed by atoms with Gasteiger partial charge in [0.2, 0.25) is 5.91 Å². The Morgan fingerprint density at radius 1 is 1.38 bits per heavy atom. The van der Waals surface area contributed by atoms with E-state index in [1.165, 1.54) is 0 Å². The zero-order valence-corrected chi connectivity index (χ0v) is 15.7. The molecule has 1 fully saturated rings. The maximum absolute atomic E-state index is 12.3. The van der Waals surface area contributed by atoms with Crippen LogP contribution in [0, 0.1) is 0 Å². The first-order chi connectivity index (χ1) is 11.2. The highest BCUT2D eigenvalue weighted by molar-refractivity contribution is 8.00. The van der Waals surface area contributed by atoms with Gasteiger partial charge in [-0.3, -0.25) is 4.79 Å². The Labute approximate surface area is 154 Å². The van der Waals surface area contributed by atoms with Gasteiger partial charge in [-0.25, -0.2) is 0 Å². The molecule has 136 valence electrons. The molecule has 1 amide bonds. The summed E-state index contributed by atoms with van der Waals surface area (Å²) >= 11 is 1.55. The number of nitrogens with two attached hydrogens (primary N) is 1. The Balaban J connectivity index is 0.00000288. The Hall–Kier alpha value is -0.950. The molecule has 1 aliphatic heterocycles. The largest absolute Gasteiger partial charge is 0.497 e. The van der Waals surface area contributed by atoms with E-state index in [0.717, 1.165) is 49.6 Å². The molecule has 0 saturated carbocycles. The van der Waals surface area contributed by atoms with Crippen molar-refractivity contribution >= 4 is 30.1 Å². The lowest BCUT2D eigenvalue weighted by Gasteiger charge is -2.32. The molecule has 1 heterocycles. The molecule has 1 aromatic rings. The van der Waals surface area contributed by atoms with E-state index in [4.69, 9.17) is 15.2 Å². The first kappa shape index (κ1) is 21.1. The van der Waals surface area contributed by atoms with Gasteiger partial charge >= 0.3 is 0 Å². The Morgan fingerprint density at radius 3 is 2.79 bits per heavy atom. The summed E-state index contributed by atoms with van der Waals surface area (Å²) in [5, 5.41) is 0. The molecule has 2 rings (SSSR count). The smallest absolute Gasteiger partial charge is 0.232 e. The van der Waals surface area contributed by atoms with Crippen molar-refractivity contribution in [1.82, 2.24) is 4.90 Å². The number of benzene rings is 1. The fraction of sp³-hybridized carbons (Fsp3) is 0.588. The Kier molecular flexibility index (Phi) is 10.2. The number of hydrogen-bond donors (Lipinski definition) is 1. The number of amides is 1. The van der Waals surface area contributed by atoms with Gasteiger partial charge in [-0.2, -0.15) is 0 Å². The van der Waals surface area contributed by atoms with Crippen molar-refractivity contribution in [2.75, 3.05) is 39.1 Å². The maximum atomic E-state index is 12.3. The average molecular weight is 375 g/mol. The number of halogens is 1. The second kappa shape index (κ2) is 11.6. The predicted octanol–water partition coefficient (Wildman–Crippen LogP) is 2.57. The summed E-state index contributed by atoms with van der Waals surface area (Å²) in [6.07, 6.45) is 3.01. The molecule has 0 atom stereocenters. The van der Waals surface area contributed by atoms with Crippen molar-refractivity contribution in [2.24, 2.45) is 5.73 Å². The van der Waals surface area contributed by atoms with E-state index >= 15 is 0 Å². The van der Waals surface area contributed by atoms with Crippen LogP contribution in [0.25, 0.3) is 0 Å². The van der Waals surface area contributed by atoms with Crippen molar-refractivity contribution in [3.63, 3.8) is 0 Å². The number of carbonyl (C=O) groups excluding carboxylic acids is 1. The molecule has 5 nitrogen and oxygen atoms in total. The topological polar surface area (TPSA) is 64.8 Å². The molecule has 0 radical (unpaired) electrons. The molecule has 7 heteroatoms. The van der Waals surface area contributed by atoms with Crippen molar-refractivity contribution in [3.8, 4) is 5.75 Å². The van der Waals surface area contributed by atoms with E-state index in [9.17, 15) is 4.79 Å². The van der Waals surface area contributed by atoms with E-state index in [1.807, 2.05) is 29.2 Å². The van der Waals surface area contributed by atoms with E-state index < -0.39 is 0 Å². The number of thioether (sulfide) groups is 1. The van der Waals surface area contributed by atoms with Gasteiger partial charge in [0.15, 0.2) is 0 Å². The number of methoxy groups -OCH3 is 1. The number of carbonyl (C=O) groups is 1. The summed E-state index contributed by atoms with van der Waals surface area (Å²) < 4.78 is 11.0. The molecule has 1 aromatic carbocycles. The number of rotatable bonds is 8. The summed E-state index contributed by atoms with van der Waals surface area (Å²) in [7, 11) is 1.65. The van der Waals surface area contributed by atoms with Gasteiger partial charge in [-0.15, -0.1) is 24.2 Å². The minimum atomic E-state index is 0. The molecule has 0 bridgehead atoms. The van der Waals surface area contributed by atoms with Crippen molar-refractivity contribution < 1.29 is 14.3 Å². The summed E-state index contributed by atoms with van der Waals surface area (Å²) in [5.41, 5.74) is 5.46. The highest BCUT2D eigenvalue weighted by Crippen LogP contribution is 2.23. The van der Waals surface area contributed by atoms with Gasteiger partial charge in [-0.05, 0) is 44.0 Å². The molecule has 0 unspecified atom stereocenters. The lowest BCUT2D eigenvalue weighted by atomic mass is 10.1. The molecule has 0 aromatic heterocycles. The van der Waals surface area contributed by atoms with Crippen LogP contribution in [0.5, 0.6) is 5.75 Å². The lowest BCUT2D eigenvalue weighted by Crippen LogP contribution is -2.41. The second-order valence-electron chi connectivity index (χ2n) is 5.56. The van der Waals surface area contributed by atoms with Gasteiger partial charge in [0.05, 0.1) is 19.0 Å². The minimum absolute atomic E-state index is 0. The normalized spacial score (nSPS) is 15.0. The fourth-order valence-electron chi connectivity index (χ4n) is 2.53. The Morgan fingerprint density at radius 2 is 2.12 bits per heavy atom. The Bertz CT molecular complexity index is 496. The molecule has 1 aliphatic rings. The van der Waals surface area contributed by atoms with Crippen LogP contribution in [0.15, 0.2) is 29.2 Å². The van der Waals surface area contributed by atoms with Crippen LogP contribution < -0.4 is 10.5 Å². The zero-order chi connectivity index (χ0) is 16.5. The third-order valence-electron chi connectivity index (χ3n) is 3.90. The van der Waals surface area contributed by atoms with Gasteiger partial charge in [-0.1, -0.05) is 6.07 Å². The fourth-order valence-corrected chi connectivity index (χ4v) is 3.38. The van der Waals surface area contributed by atoms with Crippen LogP contribution in [-0.2, 0) is 9.53 Å². The first-order valence-corrected chi connectivity index (χ1v) is 9.07. The quantitative estimate of drug-likeness (QED) is 0.559. The summed E-state index contributed by atoms with van der Waals surface area (Å²) in [6.45, 7) is 2.95. The van der Waals surface area contributed by atoms with Crippen LogP contribution in [0.3, 0.4) is 0 Å². The van der Waals surface area contributed by atoms with Gasteiger partial charge in [0.25, 0.3) is 0 Å². The standard InChI is InChI=1S/C17H26N2O3S.ClH/c1-21-15-4-2-5-16(12-15)23-13-17(20)19-9-6-14(7-10-19)22-11-3-8-18;/h2,4-5,12,14H,3,6-11,13,18H2,1H3;1H. The third-order valence-corrected chi connectivity index (χ3v) is 4.88. The van der Waals surface area contributed by atoms with Crippen LogP contribution >= 0.6 is 24.2 Å². The molecule has 1 saturated heterocycles. The van der Waals surface area contributed by atoms with Crippen molar-refractivity contribution in [3.05, 3.63) is 24.3 Å². The highest BCUT2D eigenvalue weighted by atomic mass is 35.5. The average Bonchev–Trinajstić information content (AvgIpc) is 2.60. The summed E-state index contributed by atoms with van der Waals surface area (Å²) in [4.78, 5) is 15.3. The maximum Gasteiger partial charge on any atom is 0.232 e. The summed E-state index contributed by atoms with van der Waals surface area (Å²) in [6, 6.07) is 7.80. The minimum Gasteiger partial charge on any atom is -0.497 e. The van der Waals surface area contributed by atoms with Gasteiger partial charge in [0.1, 0.15) is 5.75 Å². The van der Waals surface area contributed by atoms with E-state index in [-0.39, 0.29) is 24.4 Å². The summed E-state index contributed by atoms with van der Waals surface area (Å²) in [5.74, 6) is 1.47. The van der Waals surface area contributed by atoms with Gasteiger partial charge < -0.3 is 20.1 Å². The number of hydrogen-bond acceptors (Lipinski definition) is 5. The molecular weight excluding hydrogens is 348 g/mol. The third kappa shape index (κ3) is 6.89. The van der Waals surface area contributed by atoms with Crippen LogP contribution in [-0.4, -0.2) is 56.0 Å². The van der Waals surface area contributed by atoms with Crippen LogP contribution in [0.1, 0.15) is 19.3 Å². The molecular formula is C17H27ClN2O3S. The van der Waals surface area contributed by atoms with Crippen LogP contribution in [0.4, 0.5) is 0 Å². The highest BCUT2D eigenvalue weighted by Gasteiger charge is 2.23. The monoisotopic (exact) mass is 374 g/mol. The zero-order valence-electron chi connectivity index (χ0n) is 14.1. The number of piperidine rings is 1. The SMILES string of the molecule is COc1cccc(SCC(=O)N2CCC(OCCCN)CC2)c1.Cl. The second-order valence-corrected chi connectivity index (χ2v) is 6.61. The molecule has 24 heavy (non-hydrogen) atoms. The van der Waals surface area contributed by atoms with E-state index in [1.54, 1.807) is 18.9 Å². The predicted molar refractivity (Wildman–Crippen MR) is 100 cm³/mol. The number of likely N-dealkylation sites (tertiary alicyclic amines) is 1. The molecule has 0 spiro atoms. The molecule has 2 N–H and O–H groups in total. The molecule has 0 aliphatic carbocycles.